The summed E-state index contributed by atoms with van der Waals surface area (Å²) in [5, 5.41) is 3.78. The molecule has 1 heterocycles. The molecule has 1 aliphatic rings. The molecular weight excluding hydrogens is 286 g/mol. The van der Waals surface area contributed by atoms with Gasteiger partial charge in [-0.2, -0.15) is 0 Å². The number of hydrogen-bond acceptors (Lipinski definition) is 3. The van der Waals surface area contributed by atoms with Gasteiger partial charge in [-0.05, 0) is 31.5 Å². The highest BCUT2D eigenvalue weighted by atomic mass is 35.5. The van der Waals surface area contributed by atoms with Crippen LogP contribution in [0.3, 0.4) is 0 Å². The average Bonchev–Trinajstić information content (AvgIpc) is 2.47. The van der Waals surface area contributed by atoms with Gasteiger partial charge >= 0.3 is 0 Å². The van der Waals surface area contributed by atoms with E-state index >= 15 is 0 Å². The second kappa shape index (κ2) is 7.66. The molecule has 0 unspecified atom stereocenters. The first-order valence-electron chi connectivity index (χ1n) is 7.60. The van der Waals surface area contributed by atoms with Gasteiger partial charge in [-0.25, -0.2) is 0 Å². The third kappa shape index (κ3) is 4.90. The molecule has 0 radical (unpaired) electrons. The Kier molecular flexibility index (Phi) is 5.88. The van der Waals surface area contributed by atoms with Crippen LogP contribution >= 0.6 is 11.6 Å². The maximum Gasteiger partial charge on any atom is 0.234 e. The molecule has 0 saturated carbocycles. The number of nitrogens with one attached hydrogen (secondary N) is 1. The fourth-order valence-electron chi connectivity index (χ4n) is 2.46. The number of piperazine rings is 1. The van der Waals surface area contributed by atoms with E-state index in [1.54, 1.807) is 0 Å². The van der Waals surface area contributed by atoms with Gasteiger partial charge in [0.1, 0.15) is 0 Å². The Labute approximate surface area is 132 Å². The molecule has 1 aromatic carbocycles. The van der Waals surface area contributed by atoms with Crippen molar-refractivity contribution in [1.82, 2.24) is 10.2 Å². The summed E-state index contributed by atoms with van der Waals surface area (Å²) in [4.78, 5) is 16.4. The van der Waals surface area contributed by atoms with Gasteiger partial charge in [0.15, 0.2) is 0 Å². The summed E-state index contributed by atoms with van der Waals surface area (Å²) in [6, 6.07) is 8.19. The van der Waals surface area contributed by atoms with E-state index in [1.165, 1.54) is 0 Å². The van der Waals surface area contributed by atoms with Crippen LogP contribution in [0.4, 0.5) is 5.69 Å². The zero-order valence-corrected chi connectivity index (χ0v) is 13.6. The van der Waals surface area contributed by atoms with E-state index in [4.69, 9.17) is 11.6 Å². The van der Waals surface area contributed by atoms with Crippen molar-refractivity contribution in [3.05, 3.63) is 29.3 Å². The lowest BCUT2D eigenvalue weighted by molar-refractivity contribution is -0.122. The first kappa shape index (κ1) is 16.1. The van der Waals surface area contributed by atoms with Gasteiger partial charge in [-0.1, -0.05) is 24.6 Å². The van der Waals surface area contributed by atoms with E-state index in [1.807, 2.05) is 25.1 Å². The summed E-state index contributed by atoms with van der Waals surface area (Å²) in [7, 11) is 0. The van der Waals surface area contributed by atoms with Crippen LogP contribution in [0.1, 0.15) is 20.3 Å². The minimum atomic E-state index is 0.126. The molecule has 0 bridgehead atoms. The van der Waals surface area contributed by atoms with Crippen LogP contribution in [0.2, 0.25) is 5.02 Å². The predicted octanol–water partition coefficient (Wildman–Crippen LogP) is 2.38. The van der Waals surface area contributed by atoms with Crippen LogP contribution in [0, 0.1) is 0 Å². The number of nitrogens with zero attached hydrogens (tertiary/aromatic N) is 2. The number of hydrogen-bond donors (Lipinski definition) is 1. The van der Waals surface area contributed by atoms with Crippen LogP contribution in [-0.4, -0.2) is 49.6 Å². The molecule has 4 nitrogen and oxygen atoms in total. The Morgan fingerprint density at radius 1 is 1.33 bits per heavy atom. The molecule has 5 heteroatoms. The van der Waals surface area contributed by atoms with Crippen molar-refractivity contribution in [2.45, 2.75) is 26.3 Å². The second-order valence-corrected chi connectivity index (χ2v) is 6.06. The molecule has 0 aromatic heterocycles. The minimum absolute atomic E-state index is 0.126. The number of halogens is 1. The summed E-state index contributed by atoms with van der Waals surface area (Å²) in [6.45, 7) is 8.27. The Balaban J connectivity index is 1.79. The van der Waals surface area contributed by atoms with Crippen molar-refractivity contribution in [1.29, 1.82) is 0 Å². The summed E-state index contributed by atoms with van der Waals surface area (Å²) in [5.41, 5.74) is 1.16. The molecule has 1 aliphatic heterocycles. The fraction of sp³-hybridized carbons (Fsp3) is 0.562. The summed E-state index contributed by atoms with van der Waals surface area (Å²) in [5.74, 6) is 0.126. The first-order valence-corrected chi connectivity index (χ1v) is 7.98. The fourth-order valence-corrected chi connectivity index (χ4v) is 2.65. The highest BCUT2D eigenvalue weighted by Crippen LogP contribution is 2.20. The minimum Gasteiger partial charge on any atom is -0.369 e. The van der Waals surface area contributed by atoms with Crippen LogP contribution in [0.5, 0.6) is 0 Å². The Bertz CT molecular complexity index is 472. The van der Waals surface area contributed by atoms with Crippen molar-refractivity contribution in [2.24, 2.45) is 0 Å². The molecule has 1 amide bonds. The third-order valence-corrected chi connectivity index (χ3v) is 4.17. The van der Waals surface area contributed by atoms with E-state index in [0.717, 1.165) is 43.3 Å². The van der Waals surface area contributed by atoms with Crippen molar-refractivity contribution in [2.75, 3.05) is 37.6 Å². The maximum atomic E-state index is 11.9. The maximum absolute atomic E-state index is 11.9. The van der Waals surface area contributed by atoms with Gasteiger partial charge in [-0.3, -0.25) is 9.69 Å². The lowest BCUT2D eigenvalue weighted by atomic mass is 10.2. The molecule has 116 valence electrons. The van der Waals surface area contributed by atoms with Gasteiger partial charge in [0.2, 0.25) is 5.91 Å². The number of rotatable bonds is 5. The highest BCUT2D eigenvalue weighted by molar-refractivity contribution is 6.30. The SMILES string of the molecule is CC[C@H](C)NC(=O)CN1CCN(c2cccc(Cl)c2)CC1. The number of amides is 1. The van der Waals surface area contributed by atoms with E-state index in [9.17, 15) is 4.79 Å². The third-order valence-electron chi connectivity index (χ3n) is 3.93. The van der Waals surface area contributed by atoms with Crippen LogP contribution in [0.25, 0.3) is 0 Å². The summed E-state index contributed by atoms with van der Waals surface area (Å²) >= 11 is 6.03. The van der Waals surface area contributed by atoms with Crippen molar-refractivity contribution in [3.63, 3.8) is 0 Å². The largest absolute Gasteiger partial charge is 0.369 e. The monoisotopic (exact) mass is 309 g/mol. The van der Waals surface area contributed by atoms with E-state index in [0.29, 0.717) is 6.54 Å². The van der Waals surface area contributed by atoms with E-state index in [2.05, 4.69) is 28.1 Å². The molecule has 1 aromatic rings. The molecule has 1 N–H and O–H groups in total. The Hall–Kier alpha value is -1.26. The van der Waals surface area contributed by atoms with Crippen LogP contribution in [0.15, 0.2) is 24.3 Å². The van der Waals surface area contributed by atoms with Crippen molar-refractivity contribution >= 4 is 23.2 Å². The molecule has 0 spiro atoms. The lowest BCUT2D eigenvalue weighted by Gasteiger charge is -2.35. The van der Waals surface area contributed by atoms with Crippen molar-refractivity contribution < 1.29 is 4.79 Å². The normalized spacial score (nSPS) is 17.6. The molecular formula is C16H24ClN3O. The Morgan fingerprint density at radius 2 is 2.05 bits per heavy atom. The first-order chi connectivity index (χ1) is 10.1. The van der Waals surface area contributed by atoms with Crippen LogP contribution < -0.4 is 10.2 Å². The zero-order chi connectivity index (χ0) is 15.2. The average molecular weight is 310 g/mol. The lowest BCUT2D eigenvalue weighted by Crippen LogP contribution is -2.50. The number of benzene rings is 1. The van der Waals surface area contributed by atoms with Gasteiger partial charge in [0.05, 0.1) is 6.54 Å². The molecule has 21 heavy (non-hydrogen) atoms. The molecule has 0 aliphatic carbocycles. The number of anilines is 1. The zero-order valence-electron chi connectivity index (χ0n) is 12.8. The number of carbonyl (C=O) groups is 1. The second-order valence-electron chi connectivity index (χ2n) is 5.62. The van der Waals surface area contributed by atoms with Gasteiger partial charge in [0.25, 0.3) is 0 Å². The molecule has 2 rings (SSSR count). The quantitative estimate of drug-likeness (QED) is 0.907. The van der Waals surface area contributed by atoms with Crippen LogP contribution in [-0.2, 0) is 4.79 Å². The number of carbonyl (C=O) groups excluding carboxylic acids is 1. The predicted molar refractivity (Wildman–Crippen MR) is 88.0 cm³/mol. The molecule has 1 atom stereocenters. The summed E-state index contributed by atoms with van der Waals surface area (Å²) < 4.78 is 0. The van der Waals surface area contributed by atoms with Crippen molar-refractivity contribution in [3.8, 4) is 0 Å². The van der Waals surface area contributed by atoms with E-state index < -0.39 is 0 Å². The smallest absolute Gasteiger partial charge is 0.234 e. The molecule has 1 saturated heterocycles. The van der Waals surface area contributed by atoms with Gasteiger partial charge < -0.3 is 10.2 Å². The molecule has 1 fully saturated rings. The van der Waals surface area contributed by atoms with Gasteiger partial charge in [-0.15, -0.1) is 0 Å². The van der Waals surface area contributed by atoms with E-state index in [-0.39, 0.29) is 11.9 Å². The topological polar surface area (TPSA) is 35.6 Å². The standard InChI is InChI=1S/C16H24ClN3O/c1-3-13(2)18-16(21)12-19-7-9-20(10-8-19)15-6-4-5-14(17)11-15/h4-6,11,13H,3,7-10,12H2,1-2H3,(H,18,21)/t13-/m0/s1. The Morgan fingerprint density at radius 3 is 2.67 bits per heavy atom. The van der Waals surface area contributed by atoms with Gasteiger partial charge in [0, 0.05) is 42.9 Å². The highest BCUT2D eigenvalue weighted by Gasteiger charge is 2.19. The summed E-state index contributed by atoms with van der Waals surface area (Å²) in [6.07, 6.45) is 0.967.